The Bertz CT molecular complexity index is 918. The molecule has 0 aromatic heterocycles. The highest BCUT2D eigenvalue weighted by Gasteiger charge is 2.29. The van der Waals surface area contributed by atoms with Gasteiger partial charge in [0.25, 0.3) is 0 Å². The standard InChI is InChI=1S/C20H21ClFN3O3/c1-12-9-13-10-17(27-3)19(28-4)18(22)16(13)11-23-25(12)20(26)24(2)15-7-5-14(21)6-8-15/h5-8,10-12H,9H2,1-4H3/t12-/m0/s1. The summed E-state index contributed by atoms with van der Waals surface area (Å²) >= 11 is 5.91. The topological polar surface area (TPSA) is 54.4 Å². The molecule has 0 N–H and O–H groups in total. The fraction of sp³-hybridized carbons (Fsp3) is 0.300. The number of hydrazone groups is 1. The average Bonchev–Trinajstić information content (AvgIpc) is 2.85. The number of halogens is 2. The van der Waals surface area contributed by atoms with Gasteiger partial charge in [0.2, 0.25) is 0 Å². The zero-order chi connectivity index (χ0) is 20.4. The molecule has 0 bridgehead atoms. The van der Waals surface area contributed by atoms with E-state index in [0.717, 1.165) is 0 Å². The molecule has 1 atom stereocenters. The van der Waals surface area contributed by atoms with Crippen LogP contribution in [0.3, 0.4) is 0 Å². The van der Waals surface area contributed by atoms with Crippen molar-refractivity contribution in [2.24, 2.45) is 5.10 Å². The Hall–Kier alpha value is -2.80. The van der Waals surface area contributed by atoms with E-state index in [-0.39, 0.29) is 23.4 Å². The van der Waals surface area contributed by atoms with E-state index in [2.05, 4.69) is 5.10 Å². The minimum atomic E-state index is -0.562. The average molecular weight is 406 g/mol. The number of methoxy groups -OCH3 is 2. The van der Waals surface area contributed by atoms with Gasteiger partial charge in [0, 0.05) is 23.3 Å². The summed E-state index contributed by atoms with van der Waals surface area (Å²) in [4.78, 5) is 14.5. The second-order valence-electron chi connectivity index (χ2n) is 6.46. The van der Waals surface area contributed by atoms with Crippen molar-refractivity contribution in [2.45, 2.75) is 19.4 Å². The van der Waals surface area contributed by atoms with E-state index in [0.29, 0.717) is 28.4 Å². The van der Waals surface area contributed by atoms with Crippen LogP contribution in [0.2, 0.25) is 5.02 Å². The Labute approximate surface area is 168 Å². The summed E-state index contributed by atoms with van der Waals surface area (Å²) in [6.45, 7) is 1.86. The minimum Gasteiger partial charge on any atom is -0.493 e. The lowest BCUT2D eigenvalue weighted by Crippen LogP contribution is -2.43. The number of urea groups is 1. The van der Waals surface area contributed by atoms with Gasteiger partial charge in [-0.25, -0.2) is 14.2 Å². The molecule has 2 amide bonds. The monoisotopic (exact) mass is 405 g/mol. The first kappa shape index (κ1) is 19.9. The van der Waals surface area contributed by atoms with E-state index < -0.39 is 5.82 Å². The molecule has 2 aromatic carbocycles. The van der Waals surface area contributed by atoms with Crippen molar-refractivity contribution in [2.75, 3.05) is 26.2 Å². The van der Waals surface area contributed by atoms with Gasteiger partial charge in [-0.2, -0.15) is 5.10 Å². The van der Waals surface area contributed by atoms with Gasteiger partial charge in [0.15, 0.2) is 17.3 Å². The number of anilines is 1. The first-order chi connectivity index (χ1) is 13.4. The number of carbonyl (C=O) groups is 1. The van der Waals surface area contributed by atoms with Crippen LogP contribution in [0.5, 0.6) is 11.5 Å². The Morgan fingerprint density at radius 2 is 1.96 bits per heavy atom. The molecule has 0 fully saturated rings. The van der Waals surface area contributed by atoms with Crippen LogP contribution in [0.25, 0.3) is 0 Å². The van der Waals surface area contributed by atoms with Crippen LogP contribution in [0.1, 0.15) is 18.1 Å². The molecule has 1 heterocycles. The zero-order valence-corrected chi connectivity index (χ0v) is 16.8. The van der Waals surface area contributed by atoms with E-state index in [1.54, 1.807) is 37.4 Å². The Morgan fingerprint density at radius 3 is 2.57 bits per heavy atom. The largest absolute Gasteiger partial charge is 0.493 e. The molecule has 0 saturated carbocycles. The SMILES string of the molecule is COc1cc2c(c(F)c1OC)C=NN(C(=O)N(C)c1ccc(Cl)cc1)[C@@H](C)C2. The van der Waals surface area contributed by atoms with Crippen LogP contribution in [0, 0.1) is 5.82 Å². The van der Waals surface area contributed by atoms with Gasteiger partial charge in [-0.1, -0.05) is 11.6 Å². The van der Waals surface area contributed by atoms with Crippen molar-refractivity contribution >= 4 is 29.5 Å². The van der Waals surface area contributed by atoms with Crippen LogP contribution in [-0.4, -0.2) is 44.6 Å². The molecule has 0 unspecified atom stereocenters. The molecule has 28 heavy (non-hydrogen) atoms. The molecule has 6 nitrogen and oxygen atoms in total. The maximum atomic E-state index is 14.9. The minimum absolute atomic E-state index is 0.0124. The summed E-state index contributed by atoms with van der Waals surface area (Å²) in [7, 11) is 4.48. The highest BCUT2D eigenvalue weighted by atomic mass is 35.5. The van der Waals surface area contributed by atoms with Crippen molar-refractivity contribution in [3.05, 3.63) is 52.3 Å². The van der Waals surface area contributed by atoms with Gasteiger partial charge in [-0.3, -0.25) is 4.90 Å². The molecule has 0 aliphatic carbocycles. The molecule has 148 valence electrons. The summed E-state index contributed by atoms with van der Waals surface area (Å²) in [5.74, 6) is -0.246. The fourth-order valence-corrected chi connectivity index (χ4v) is 3.25. The summed E-state index contributed by atoms with van der Waals surface area (Å²) in [5, 5.41) is 6.18. The van der Waals surface area contributed by atoms with Crippen molar-refractivity contribution < 1.29 is 18.7 Å². The molecule has 1 aliphatic rings. The van der Waals surface area contributed by atoms with E-state index in [4.69, 9.17) is 21.1 Å². The van der Waals surface area contributed by atoms with Gasteiger partial charge in [-0.15, -0.1) is 0 Å². The lowest BCUT2D eigenvalue weighted by Gasteiger charge is -2.28. The first-order valence-electron chi connectivity index (χ1n) is 8.67. The van der Waals surface area contributed by atoms with Gasteiger partial charge in [0.1, 0.15) is 0 Å². The molecule has 0 saturated heterocycles. The third-order valence-corrected chi connectivity index (χ3v) is 4.93. The van der Waals surface area contributed by atoms with E-state index >= 15 is 0 Å². The maximum absolute atomic E-state index is 14.9. The number of ether oxygens (including phenoxy) is 2. The normalized spacial score (nSPS) is 15.6. The fourth-order valence-electron chi connectivity index (χ4n) is 3.13. The molecule has 0 spiro atoms. The van der Waals surface area contributed by atoms with E-state index in [9.17, 15) is 9.18 Å². The van der Waals surface area contributed by atoms with Crippen LogP contribution < -0.4 is 14.4 Å². The number of nitrogens with zero attached hydrogens (tertiary/aromatic N) is 3. The molecule has 0 radical (unpaired) electrons. The maximum Gasteiger partial charge on any atom is 0.344 e. The molecule has 1 aliphatic heterocycles. The predicted molar refractivity (Wildman–Crippen MR) is 107 cm³/mol. The zero-order valence-electron chi connectivity index (χ0n) is 16.1. The number of fused-ring (bicyclic) bond motifs is 1. The van der Waals surface area contributed by atoms with Gasteiger partial charge < -0.3 is 9.47 Å². The number of carbonyl (C=O) groups excluding carboxylic acids is 1. The molecule has 8 heteroatoms. The number of rotatable bonds is 3. The van der Waals surface area contributed by atoms with E-state index in [1.165, 1.54) is 30.3 Å². The second-order valence-corrected chi connectivity index (χ2v) is 6.90. The van der Waals surface area contributed by atoms with Gasteiger partial charge in [0.05, 0.1) is 26.5 Å². The van der Waals surface area contributed by atoms with Crippen LogP contribution in [0.4, 0.5) is 14.9 Å². The quantitative estimate of drug-likeness (QED) is 0.763. The van der Waals surface area contributed by atoms with Crippen LogP contribution in [-0.2, 0) is 6.42 Å². The number of benzene rings is 2. The Balaban J connectivity index is 1.93. The molecule has 3 rings (SSSR count). The molecular formula is C20H21ClFN3O3. The number of hydrogen-bond acceptors (Lipinski definition) is 4. The van der Waals surface area contributed by atoms with Crippen molar-refractivity contribution in [1.82, 2.24) is 5.01 Å². The summed E-state index contributed by atoms with van der Waals surface area (Å²) in [6, 6.07) is 8.00. The Kier molecular flexibility index (Phi) is 5.74. The number of hydrogen-bond donors (Lipinski definition) is 0. The highest BCUT2D eigenvalue weighted by Crippen LogP contribution is 2.35. The first-order valence-corrected chi connectivity index (χ1v) is 9.05. The summed E-state index contributed by atoms with van der Waals surface area (Å²) < 4.78 is 25.2. The molecular weight excluding hydrogens is 385 g/mol. The Morgan fingerprint density at radius 1 is 1.29 bits per heavy atom. The second kappa shape index (κ2) is 8.06. The summed E-state index contributed by atoms with van der Waals surface area (Å²) in [6.07, 6.45) is 1.76. The number of amides is 2. The third kappa shape index (κ3) is 3.62. The van der Waals surface area contributed by atoms with Crippen molar-refractivity contribution in [3.63, 3.8) is 0 Å². The van der Waals surface area contributed by atoms with Crippen molar-refractivity contribution in [1.29, 1.82) is 0 Å². The highest BCUT2D eigenvalue weighted by molar-refractivity contribution is 6.30. The van der Waals surface area contributed by atoms with E-state index in [1.807, 2.05) is 6.92 Å². The van der Waals surface area contributed by atoms with Crippen LogP contribution in [0.15, 0.2) is 35.4 Å². The smallest absolute Gasteiger partial charge is 0.344 e. The van der Waals surface area contributed by atoms with Crippen LogP contribution >= 0.6 is 11.6 Å². The predicted octanol–water partition coefficient (Wildman–Crippen LogP) is 4.33. The van der Waals surface area contributed by atoms with Crippen molar-refractivity contribution in [3.8, 4) is 11.5 Å². The van der Waals surface area contributed by atoms with Gasteiger partial charge in [-0.05, 0) is 49.2 Å². The lowest BCUT2D eigenvalue weighted by atomic mass is 10.00. The summed E-state index contributed by atoms with van der Waals surface area (Å²) in [5.41, 5.74) is 1.65. The lowest BCUT2D eigenvalue weighted by molar-refractivity contribution is 0.190. The third-order valence-electron chi connectivity index (χ3n) is 4.68. The molecule has 2 aromatic rings. The van der Waals surface area contributed by atoms with Gasteiger partial charge >= 0.3 is 6.03 Å².